The van der Waals surface area contributed by atoms with Gasteiger partial charge < -0.3 is 45.3 Å². The van der Waals surface area contributed by atoms with Crippen LogP contribution in [0, 0.1) is 0 Å². The third kappa shape index (κ3) is 7.59. The fourth-order valence-electron chi connectivity index (χ4n) is 4.01. The molecule has 2 rings (SSSR count). The lowest BCUT2D eigenvalue weighted by atomic mass is 10.1. The standard InChI is InChI=1S/C22H38N6O8/c1-22(2)35-20-13(34-14(8-23)21(20)36-22)7-16(30)26(4)10-18(32)28(6)12-19(33)27(5)11-17(31)25(3)9-15(24)29/h13-14,20-21H,7-12,23H2,1-6H3,(H2,24,29)/t13?,14-,20+,21-/m1/s1. The number of ether oxygens (including phenoxy) is 3. The van der Waals surface area contributed by atoms with Crippen molar-refractivity contribution < 1.29 is 38.2 Å². The second-order valence-corrected chi connectivity index (χ2v) is 9.68. The molecular formula is C22H38N6O8. The van der Waals surface area contributed by atoms with Crippen LogP contribution < -0.4 is 11.5 Å². The van der Waals surface area contributed by atoms with Gasteiger partial charge in [0.1, 0.15) is 12.2 Å². The van der Waals surface area contributed by atoms with Crippen molar-refractivity contribution in [2.24, 2.45) is 11.5 Å². The van der Waals surface area contributed by atoms with Crippen LogP contribution in [-0.2, 0) is 38.2 Å². The van der Waals surface area contributed by atoms with Crippen molar-refractivity contribution in [3.8, 4) is 0 Å². The summed E-state index contributed by atoms with van der Waals surface area (Å²) in [5.41, 5.74) is 10.8. The first-order valence-corrected chi connectivity index (χ1v) is 11.6. The number of fused-ring (bicyclic) bond motifs is 1. The van der Waals surface area contributed by atoms with E-state index >= 15 is 0 Å². The van der Waals surface area contributed by atoms with Gasteiger partial charge in [-0.2, -0.15) is 0 Å². The molecule has 0 aromatic heterocycles. The molecule has 1 unspecified atom stereocenters. The quantitative estimate of drug-likeness (QED) is 0.290. The first-order chi connectivity index (χ1) is 16.6. The van der Waals surface area contributed by atoms with E-state index in [9.17, 15) is 24.0 Å². The zero-order valence-corrected chi connectivity index (χ0v) is 21.8. The van der Waals surface area contributed by atoms with Crippen molar-refractivity contribution >= 4 is 29.5 Å². The summed E-state index contributed by atoms with van der Waals surface area (Å²) in [7, 11) is 5.72. The Morgan fingerprint density at radius 3 is 1.50 bits per heavy atom. The maximum absolute atomic E-state index is 12.8. The smallest absolute Gasteiger partial charge is 0.242 e. The lowest BCUT2D eigenvalue weighted by molar-refractivity contribution is -0.187. The predicted molar refractivity (Wildman–Crippen MR) is 126 cm³/mol. The molecule has 0 radical (unpaired) electrons. The summed E-state index contributed by atoms with van der Waals surface area (Å²) in [6.45, 7) is 2.70. The van der Waals surface area contributed by atoms with E-state index in [4.69, 9.17) is 25.7 Å². The highest BCUT2D eigenvalue weighted by atomic mass is 16.8. The average molecular weight is 515 g/mol. The van der Waals surface area contributed by atoms with Gasteiger partial charge in [0.2, 0.25) is 29.5 Å². The van der Waals surface area contributed by atoms with Crippen LogP contribution in [0.2, 0.25) is 0 Å². The predicted octanol–water partition coefficient (Wildman–Crippen LogP) is -3.06. The highest BCUT2D eigenvalue weighted by Crippen LogP contribution is 2.39. The Bertz CT molecular complexity index is 867. The summed E-state index contributed by atoms with van der Waals surface area (Å²) in [4.78, 5) is 65.6. The van der Waals surface area contributed by atoms with Crippen molar-refractivity contribution in [1.29, 1.82) is 0 Å². The number of hydrogen-bond acceptors (Lipinski definition) is 9. The number of carbonyl (C=O) groups is 5. The lowest BCUT2D eigenvalue weighted by Gasteiger charge is -2.26. The Hall–Kier alpha value is -2.81. The largest absolute Gasteiger partial charge is 0.368 e. The summed E-state index contributed by atoms with van der Waals surface area (Å²) >= 11 is 0. The van der Waals surface area contributed by atoms with Crippen LogP contribution in [0.25, 0.3) is 0 Å². The number of nitrogens with two attached hydrogens (primary N) is 2. The van der Waals surface area contributed by atoms with Crippen molar-refractivity contribution in [3.05, 3.63) is 0 Å². The van der Waals surface area contributed by atoms with Crippen LogP contribution in [-0.4, -0.2) is 140 Å². The number of nitrogens with zero attached hydrogens (tertiary/aromatic N) is 4. The topological polar surface area (TPSA) is 178 Å². The van der Waals surface area contributed by atoms with Crippen LogP contribution in [0.5, 0.6) is 0 Å². The molecule has 0 spiro atoms. The molecule has 2 fully saturated rings. The van der Waals surface area contributed by atoms with Crippen molar-refractivity contribution in [1.82, 2.24) is 19.6 Å². The fourth-order valence-corrected chi connectivity index (χ4v) is 4.01. The zero-order chi connectivity index (χ0) is 27.4. The van der Waals surface area contributed by atoms with Gasteiger partial charge in [0.25, 0.3) is 0 Å². The van der Waals surface area contributed by atoms with Crippen LogP contribution >= 0.6 is 0 Å². The van der Waals surface area contributed by atoms with Gasteiger partial charge in [-0.1, -0.05) is 0 Å². The summed E-state index contributed by atoms with van der Waals surface area (Å²) in [6.07, 6.45) is -1.78. The Balaban J connectivity index is 1.83. The molecule has 36 heavy (non-hydrogen) atoms. The van der Waals surface area contributed by atoms with Gasteiger partial charge in [-0.05, 0) is 13.8 Å². The molecule has 0 aliphatic carbocycles. The van der Waals surface area contributed by atoms with E-state index in [2.05, 4.69) is 0 Å². The molecule has 204 valence electrons. The second-order valence-electron chi connectivity index (χ2n) is 9.68. The van der Waals surface area contributed by atoms with Crippen LogP contribution in [0.4, 0.5) is 0 Å². The van der Waals surface area contributed by atoms with Gasteiger partial charge >= 0.3 is 0 Å². The van der Waals surface area contributed by atoms with Gasteiger partial charge in [-0.25, -0.2) is 0 Å². The number of hydrogen-bond donors (Lipinski definition) is 2. The van der Waals surface area contributed by atoms with Crippen LogP contribution in [0.1, 0.15) is 20.3 Å². The van der Waals surface area contributed by atoms with Crippen LogP contribution in [0.3, 0.4) is 0 Å². The molecule has 14 heteroatoms. The number of primary amides is 1. The normalized spacial score (nSPS) is 24.1. The zero-order valence-electron chi connectivity index (χ0n) is 21.8. The van der Waals surface area contributed by atoms with Gasteiger partial charge in [0.15, 0.2) is 5.79 Å². The van der Waals surface area contributed by atoms with Crippen molar-refractivity contribution in [3.63, 3.8) is 0 Å². The molecular weight excluding hydrogens is 476 g/mol. The van der Waals surface area contributed by atoms with E-state index in [0.717, 1.165) is 9.80 Å². The SMILES string of the molecule is CN(CC(N)=O)C(=O)CN(C)C(=O)CN(C)C(=O)CN(C)C(=O)CC1O[C@H](CN)[C@H]2OC(C)(C)O[C@@H]12. The molecule has 0 saturated carbocycles. The average Bonchev–Trinajstić information content (AvgIpc) is 3.25. The first kappa shape index (κ1) is 29.4. The van der Waals surface area contributed by atoms with Gasteiger partial charge in [0.05, 0.1) is 44.8 Å². The highest BCUT2D eigenvalue weighted by molar-refractivity contribution is 5.90. The molecule has 2 saturated heterocycles. The molecule has 14 nitrogen and oxygen atoms in total. The first-order valence-electron chi connectivity index (χ1n) is 11.6. The number of amides is 5. The molecule has 0 aromatic carbocycles. The Morgan fingerprint density at radius 2 is 1.08 bits per heavy atom. The monoisotopic (exact) mass is 514 g/mol. The van der Waals surface area contributed by atoms with E-state index < -0.39 is 47.7 Å². The molecule has 2 aliphatic heterocycles. The van der Waals surface area contributed by atoms with E-state index in [1.165, 1.54) is 38.0 Å². The van der Waals surface area contributed by atoms with E-state index in [-0.39, 0.29) is 51.2 Å². The van der Waals surface area contributed by atoms with E-state index in [1.807, 2.05) is 0 Å². The maximum atomic E-state index is 12.8. The molecule has 2 aliphatic rings. The summed E-state index contributed by atoms with van der Waals surface area (Å²) in [6, 6.07) is 0. The van der Waals surface area contributed by atoms with Gasteiger partial charge in [0, 0.05) is 34.7 Å². The van der Waals surface area contributed by atoms with Gasteiger partial charge in [-0.15, -0.1) is 0 Å². The maximum Gasteiger partial charge on any atom is 0.242 e. The Kier molecular flexibility index (Phi) is 9.77. The molecule has 2 heterocycles. The minimum absolute atomic E-state index is 0.0206. The van der Waals surface area contributed by atoms with Crippen molar-refractivity contribution in [2.45, 2.75) is 50.5 Å². The molecule has 4 N–H and O–H groups in total. The number of rotatable bonds is 11. The third-order valence-electron chi connectivity index (χ3n) is 6.07. The summed E-state index contributed by atoms with van der Waals surface area (Å²) in [5, 5.41) is 0. The van der Waals surface area contributed by atoms with Gasteiger partial charge in [-0.3, -0.25) is 24.0 Å². The molecule has 4 atom stereocenters. The highest BCUT2D eigenvalue weighted by Gasteiger charge is 2.55. The third-order valence-corrected chi connectivity index (χ3v) is 6.07. The molecule has 5 amide bonds. The fraction of sp³-hybridized carbons (Fsp3) is 0.773. The van der Waals surface area contributed by atoms with E-state index in [0.29, 0.717) is 0 Å². The van der Waals surface area contributed by atoms with Crippen LogP contribution in [0.15, 0.2) is 0 Å². The molecule has 0 bridgehead atoms. The lowest BCUT2D eigenvalue weighted by Crippen LogP contribution is -2.47. The number of carbonyl (C=O) groups excluding carboxylic acids is 5. The van der Waals surface area contributed by atoms with E-state index in [1.54, 1.807) is 13.8 Å². The Labute approximate surface area is 210 Å². The minimum atomic E-state index is -0.806. The Morgan fingerprint density at radius 1 is 0.694 bits per heavy atom. The second kappa shape index (κ2) is 12.0. The number of likely N-dealkylation sites (N-methyl/N-ethyl adjacent to an activating group) is 4. The summed E-state index contributed by atoms with van der Waals surface area (Å²) in [5.74, 6) is -3.23. The minimum Gasteiger partial charge on any atom is -0.368 e. The summed E-state index contributed by atoms with van der Waals surface area (Å²) < 4.78 is 17.6. The molecule has 0 aromatic rings. The van der Waals surface area contributed by atoms with Crippen molar-refractivity contribution in [2.75, 3.05) is 60.9 Å².